The molecule has 0 aromatic heterocycles. The summed E-state index contributed by atoms with van der Waals surface area (Å²) in [4.78, 5) is 11.8. The quantitative estimate of drug-likeness (QED) is 0.776. The number of carbonyl (C=O) groups excluding carboxylic acids is 1. The van der Waals surface area contributed by atoms with Crippen LogP contribution in [0.25, 0.3) is 0 Å². The molecular weight excluding hydrogens is 356 g/mol. The normalized spacial score (nSPS) is 10.0. The Bertz CT molecular complexity index is 632. The summed E-state index contributed by atoms with van der Waals surface area (Å²) in [6, 6.07) is 12.2. The predicted octanol–water partition coefficient (Wildman–Crippen LogP) is 4.57. The molecule has 0 aliphatic rings. The van der Waals surface area contributed by atoms with Crippen LogP contribution in [-0.4, -0.2) is 12.8 Å². The number of nitrogens with one attached hydrogen (secondary N) is 2. The topological polar surface area (TPSA) is 50.4 Å². The van der Waals surface area contributed by atoms with E-state index in [-0.39, 0.29) is 12.8 Å². The second-order valence-electron chi connectivity index (χ2n) is 4.33. The molecule has 0 unspecified atom stereocenters. The van der Waals surface area contributed by atoms with Crippen molar-refractivity contribution in [1.82, 2.24) is 5.32 Å². The van der Waals surface area contributed by atoms with Crippen LogP contribution in [0.5, 0.6) is 5.75 Å². The molecule has 2 N–H and O–H groups in total. The fraction of sp³-hybridized carbons (Fsp3) is 0.133. The van der Waals surface area contributed by atoms with E-state index in [4.69, 9.17) is 16.3 Å². The second-order valence-corrected chi connectivity index (χ2v) is 5.68. The lowest BCUT2D eigenvalue weighted by atomic mass is 10.2. The van der Waals surface area contributed by atoms with Crippen molar-refractivity contribution in [2.75, 3.05) is 12.0 Å². The Kier molecular flexibility index (Phi) is 5.47. The van der Waals surface area contributed by atoms with Gasteiger partial charge in [-0.25, -0.2) is 4.79 Å². The number of hydrogen-bond donors (Lipinski definition) is 2. The first-order valence-electron chi connectivity index (χ1n) is 6.24. The molecule has 4 nitrogen and oxygen atoms in total. The number of urea groups is 1. The van der Waals surface area contributed by atoms with Crippen molar-refractivity contribution in [2.24, 2.45) is 0 Å². The van der Waals surface area contributed by atoms with Crippen LogP contribution < -0.4 is 15.4 Å². The van der Waals surface area contributed by atoms with Crippen LogP contribution in [-0.2, 0) is 0 Å². The van der Waals surface area contributed by atoms with Gasteiger partial charge in [-0.2, -0.15) is 0 Å². The van der Waals surface area contributed by atoms with Crippen LogP contribution in [0.3, 0.4) is 0 Å². The number of benzene rings is 2. The van der Waals surface area contributed by atoms with Gasteiger partial charge in [-0.05, 0) is 55.0 Å². The highest BCUT2D eigenvalue weighted by molar-refractivity contribution is 9.10. The third-order valence-corrected chi connectivity index (χ3v) is 3.47. The zero-order valence-corrected chi connectivity index (χ0v) is 13.7. The predicted molar refractivity (Wildman–Crippen MR) is 88.0 cm³/mol. The van der Waals surface area contributed by atoms with Gasteiger partial charge in [-0.3, -0.25) is 0 Å². The van der Waals surface area contributed by atoms with Crippen LogP contribution in [0.1, 0.15) is 5.56 Å². The maximum atomic E-state index is 11.8. The van der Waals surface area contributed by atoms with E-state index >= 15 is 0 Å². The summed E-state index contributed by atoms with van der Waals surface area (Å²) < 4.78 is 6.35. The SMILES string of the molecule is Cc1cc(Br)ccc1NC(=O)NCOc1ccc(Cl)cc1. The third-order valence-electron chi connectivity index (χ3n) is 2.72. The number of carbonyl (C=O) groups is 1. The van der Waals surface area contributed by atoms with Crippen molar-refractivity contribution in [3.63, 3.8) is 0 Å². The van der Waals surface area contributed by atoms with Gasteiger partial charge in [-0.15, -0.1) is 0 Å². The molecule has 0 fully saturated rings. The lowest BCUT2D eigenvalue weighted by Gasteiger charge is -2.11. The van der Waals surface area contributed by atoms with Gasteiger partial charge >= 0.3 is 6.03 Å². The Hall–Kier alpha value is -1.72. The molecule has 0 atom stereocenters. The van der Waals surface area contributed by atoms with Crippen molar-refractivity contribution in [3.8, 4) is 5.75 Å². The molecule has 0 saturated heterocycles. The van der Waals surface area contributed by atoms with Crippen molar-refractivity contribution in [2.45, 2.75) is 6.92 Å². The molecule has 6 heteroatoms. The summed E-state index contributed by atoms with van der Waals surface area (Å²) in [5, 5.41) is 6.02. The van der Waals surface area contributed by atoms with Crippen LogP contribution in [0, 0.1) is 6.92 Å². The number of halogens is 2. The zero-order valence-electron chi connectivity index (χ0n) is 11.3. The molecule has 0 radical (unpaired) electrons. The van der Waals surface area contributed by atoms with E-state index in [1.807, 2.05) is 25.1 Å². The highest BCUT2D eigenvalue weighted by Crippen LogP contribution is 2.20. The van der Waals surface area contributed by atoms with E-state index in [9.17, 15) is 4.79 Å². The number of aryl methyl sites for hydroxylation is 1. The van der Waals surface area contributed by atoms with Crippen LogP contribution >= 0.6 is 27.5 Å². The number of amides is 2. The van der Waals surface area contributed by atoms with Crippen LogP contribution in [0.15, 0.2) is 46.9 Å². The Morgan fingerprint density at radius 3 is 2.62 bits per heavy atom. The standard InChI is InChI=1S/C15H14BrClN2O2/c1-10-8-11(16)2-7-14(10)19-15(20)18-9-21-13-5-3-12(17)4-6-13/h2-8H,9H2,1H3,(H2,18,19,20). The molecular formula is C15H14BrClN2O2. The number of hydrogen-bond acceptors (Lipinski definition) is 2. The number of ether oxygens (including phenoxy) is 1. The zero-order chi connectivity index (χ0) is 15.2. The molecule has 0 aliphatic heterocycles. The van der Waals surface area contributed by atoms with Crippen molar-refractivity contribution < 1.29 is 9.53 Å². The minimum absolute atomic E-state index is 0.0725. The molecule has 110 valence electrons. The van der Waals surface area contributed by atoms with Gasteiger partial charge in [0, 0.05) is 15.2 Å². The molecule has 21 heavy (non-hydrogen) atoms. The van der Waals surface area contributed by atoms with Crippen molar-refractivity contribution in [3.05, 3.63) is 57.5 Å². The first-order valence-corrected chi connectivity index (χ1v) is 7.41. The summed E-state index contributed by atoms with van der Waals surface area (Å²) >= 11 is 9.15. The second kappa shape index (κ2) is 7.33. The Balaban J connectivity index is 1.81. The van der Waals surface area contributed by atoms with E-state index < -0.39 is 0 Å². The van der Waals surface area contributed by atoms with Crippen molar-refractivity contribution >= 4 is 39.2 Å². The molecule has 0 aliphatic carbocycles. The van der Waals surface area contributed by atoms with Crippen molar-refractivity contribution in [1.29, 1.82) is 0 Å². The van der Waals surface area contributed by atoms with Gasteiger partial charge in [0.1, 0.15) is 5.75 Å². The molecule has 2 aromatic carbocycles. The highest BCUT2D eigenvalue weighted by Gasteiger charge is 2.04. The summed E-state index contributed by atoms with van der Waals surface area (Å²) in [5.41, 5.74) is 1.72. The summed E-state index contributed by atoms with van der Waals surface area (Å²) in [5.74, 6) is 0.638. The first kappa shape index (κ1) is 15.7. The van der Waals surface area contributed by atoms with Gasteiger partial charge in [0.2, 0.25) is 0 Å². The molecule has 0 bridgehead atoms. The molecule has 2 amide bonds. The smallest absolute Gasteiger partial charge is 0.321 e. The van der Waals surface area contributed by atoms with E-state index in [0.717, 1.165) is 15.7 Å². The molecule has 2 aromatic rings. The highest BCUT2D eigenvalue weighted by atomic mass is 79.9. The summed E-state index contributed by atoms with van der Waals surface area (Å²) in [7, 11) is 0. The molecule has 0 spiro atoms. The maximum Gasteiger partial charge on any atom is 0.321 e. The largest absolute Gasteiger partial charge is 0.473 e. The van der Waals surface area contributed by atoms with Crippen LogP contribution in [0.2, 0.25) is 5.02 Å². The lowest BCUT2D eigenvalue weighted by Crippen LogP contribution is -2.32. The fourth-order valence-corrected chi connectivity index (χ4v) is 2.25. The Morgan fingerprint density at radius 1 is 1.24 bits per heavy atom. The number of anilines is 1. The average molecular weight is 370 g/mol. The maximum absolute atomic E-state index is 11.8. The average Bonchev–Trinajstić information content (AvgIpc) is 2.44. The monoisotopic (exact) mass is 368 g/mol. The number of rotatable bonds is 4. The van der Waals surface area contributed by atoms with Crippen LogP contribution in [0.4, 0.5) is 10.5 Å². The first-order chi connectivity index (χ1) is 10.0. The third kappa shape index (κ3) is 4.95. The van der Waals surface area contributed by atoms with Gasteiger partial charge in [0.05, 0.1) is 0 Å². The molecule has 0 heterocycles. The van der Waals surface area contributed by atoms with Gasteiger partial charge in [-0.1, -0.05) is 27.5 Å². The van der Waals surface area contributed by atoms with Gasteiger partial charge in [0.25, 0.3) is 0 Å². The molecule has 0 saturated carbocycles. The van der Waals surface area contributed by atoms with E-state index in [0.29, 0.717) is 10.8 Å². The van der Waals surface area contributed by atoms with E-state index in [1.54, 1.807) is 24.3 Å². The van der Waals surface area contributed by atoms with Gasteiger partial charge < -0.3 is 15.4 Å². The fourth-order valence-electron chi connectivity index (χ4n) is 1.65. The minimum Gasteiger partial charge on any atom is -0.473 e. The Morgan fingerprint density at radius 2 is 1.95 bits per heavy atom. The van der Waals surface area contributed by atoms with E-state index in [1.165, 1.54) is 0 Å². The lowest BCUT2D eigenvalue weighted by molar-refractivity contribution is 0.234. The van der Waals surface area contributed by atoms with E-state index in [2.05, 4.69) is 26.6 Å². The molecule has 2 rings (SSSR count). The Labute approximate surface area is 136 Å². The summed E-state index contributed by atoms with van der Waals surface area (Å²) in [6.07, 6.45) is 0. The summed E-state index contributed by atoms with van der Waals surface area (Å²) in [6.45, 7) is 1.99. The minimum atomic E-state index is -0.325. The van der Waals surface area contributed by atoms with Gasteiger partial charge in [0.15, 0.2) is 6.73 Å².